The quantitative estimate of drug-likeness (QED) is 0.673. The summed E-state index contributed by atoms with van der Waals surface area (Å²) in [6.45, 7) is 0. The van der Waals surface area contributed by atoms with Crippen LogP contribution in [0.5, 0.6) is 0 Å². The zero-order chi connectivity index (χ0) is 8.97. The van der Waals surface area contributed by atoms with E-state index in [9.17, 15) is 4.79 Å². The molecule has 0 radical (unpaired) electrons. The first-order valence-corrected chi connectivity index (χ1v) is 3.84. The minimum atomic E-state index is -0.691. The third-order valence-electron chi connectivity index (χ3n) is 1.53. The van der Waals surface area contributed by atoms with Crippen LogP contribution in [0.3, 0.4) is 0 Å². The smallest absolute Gasteiger partial charge is 0.255 e. The molecular formula is C8H9ClN2O. The molecule has 0 saturated carbocycles. The van der Waals surface area contributed by atoms with Crippen LogP contribution in [-0.2, 0) is 4.79 Å². The molecule has 1 aromatic carbocycles. The molecule has 0 fully saturated rings. The summed E-state index contributed by atoms with van der Waals surface area (Å²) in [5, 5.41) is 0. The van der Waals surface area contributed by atoms with Crippen molar-refractivity contribution < 1.29 is 4.79 Å². The number of halogens is 1. The Kier molecular flexibility index (Phi) is 3.08. The normalized spacial score (nSPS) is 12.2. The van der Waals surface area contributed by atoms with Crippen LogP contribution in [0.15, 0.2) is 30.3 Å². The van der Waals surface area contributed by atoms with Crippen molar-refractivity contribution in [1.29, 1.82) is 0 Å². The number of benzene rings is 1. The molecule has 0 unspecified atom stereocenters. The highest BCUT2D eigenvalue weighted by Crippen LogP contribution is 2.08. The molecule has 0 bridgehead atoms. The topological polar surface area (TPSA) is 55.1 Å². The second-order valence-corrected chi connectivity index (χ2v) is 2.54. The van der Waals surface area contributed by atoms with Gasteiger partial charge in [-0.15, -0.1) is 0 Å². The summed E-state index contributed by atoms with van der Waals surface area (Å²) in [7, 11) is 0. The van der Waals surface area contributed by atoms with E-state index in [0.717, 1.165) is 5.56 Å². The summed E-state index contributed by atoms with van der Waals surface area (Å²) in [6, 6.07) is 8.35. The maximum absolute atomic E-state index is 10.9. The zero-order valence-corrected chi connectivity index (χ0v) is 7.08. The van der Waals surface area contributed by atoms with Gasteiger partial charge in [0.25, 0.3) is 5.91 Å². The Morgan fingerprint density at radius 3 is 2.50 bits per heavy atom. The molecule has 3 nitrogen and oxygen atoms in total. The molecule has 1 atom stereocenters. The number of hydrogen-bond acceptors (Lipinski definition) is 2. The number of rotatable bonds is 2. The monoisotopic (exact) mass is 184 g/mol. The average molecular weight is 185 g/mol. The molecule has 0 aliphatic rings. The zero-order valence-electron chi connectivity index (χ0n) is 6.33. The Hall–Kier alpha value is -1.06. The van der Waals surface area contributed by atoms with Crippen molar-refractivity contribution in [3.63, 3.8) is 0 Å². The van der Waals surface area contributed by atoms with Gasteiger partial charge in [-0.1, -0.05) is 30.3 Å². The molecule has 0 spiro atoms. The van der Waals surface area contributed by atoms with E-state index < -0.39 is 11.9 Å². The lowest BCUT2D eigenvalue weighted by atomic mass is 10.1. The molecule has 0 aliphatic carbocycles. The highest BCUT2D eigenvalue weighted by Gasteiger charge is 2.13. The van der Waals surface area contributed by atoms with Gasteiger partial charge >= 0.3 is 0 Å². The van der Waals surface area contributed by atoms with Gasteiger partial charge < -0.3 is 5.73 Å². The van der Waals surface area contributed by atoms with E-state index in [0.29, 0.717) is 0 Å². The SMILES string of the molecule is N[C@@H](C(=O)NCl)c1ccccc1. The van der Waals surface area contributed by atoms with Gasteiger partial charge in [-0.25, -0.2) is 0 Å². The Balaban J connectivity index is 2.78. The van der Waals surface area contributed by atoms with Crippen LogP contribution in [-0.4, -0.2) is 5.91 Å². The van der Waals surface area contributed by atoms with E-state index in [1.54, 1.807) is 12.1 Å². The van der Waals surface area contributed by atoms with E-state index in [4.69, 9.17) is 17.5 Å². The first kappa shape index (κ1) is 9.03. The highest BCUT2D eigenvalue weighted by molar-refractivity contribution is 6.22. The van der Waals surface area contributed by atoms with Crippen molar-refractivity contribution in [2.75, 3.05) is 0 Å². The molecule has 1 amide bonds. The lowest BCUT2D eigenvalue weighted by molar-refractivity contribution is -0.120. The summed E-state index contributed by atoms with van der Waals surface area (Å²) in [4.78, 5) is 12.9. The molecular weight excluding hydrogens is 176 g/mol. The van der Waals surface area contributed by atoms with Crippen molar-refractivity contribution in [3.05, 3.63) is 35.9 Å². The molecule has 64 valence electrons. The molecule has 3 N–H and O–H groups in total. The van der Waals surface area contributed by atoms with Gasteiger partial charge in [-0.2, -0.15) is 0 Å². The summed E-state index contributed by atoms with van der Waals surface area (Å²) in [6.07, 6.45) is 0. The maximum atomic E-state index is 10.9. The van der Waals surface area contributed by atoms with Gasteiger partial charge in [0.05, 0.1) is 0 Å². The van der Waals surface area contributed by atoms with Crippen molar-refractivity contribution in [2.24, 2.45) is 5.73 Å². The van der Waals surface area contributed by atoms with Crippen LogP contribution in [0, 0.1) is 0 Å². The third-order valence-corrected chi connectivity index (χ3v) is 1.72. The second kappa shape index (κ2) is 4.09. The van der Waals surface area contributed by atoms with E-state index >= 15 is 0 Å². The number of carbonyl (C=O) groups is 1. The lowest BCUT2D eigenvalue weighted by Crippen LogP contribution is -2.28. The molecule has 0 saturated heterocycles. The summed E-state index contributed by atoms with van der Waals surface area (Å²) in [5.41, 5.74) is 6.30. The largest absolute Gasteiger partial charge is 0.316 e. The van der Waals surface area contributed by atoms with E-state index in [1.165, 1.54) is 0 Å². The Labute approximate surface area is 75.6 Å². The van der Waals surface area contributed by atoms with Gasteiger partial charge in [0.1, 0.15) is 6.04 Å². The van der Waals surface area contributed by atoms with Crippen molar-refractivity contribution in [3.8, 4) is 0 Å². The van der Waals surface area contributed by atoms with Crippen molar-refractivity contribution in [2.45, 2.75) is 6.04 Å². The van der Waals surface area contributed by atoms with Gasteiger partial charge in [0.15, 0.2) is 0 Å². The summed E-state index contributed by atoms with van der Waals surface area (Å²) >= 11 is 5.12. The predicted molar refractivity (Wildman–Crippen MR) is 47.4 cm³/mol. The fourth-order valence-electron chi connectivity index (χ4n) is 0.871. The van der Waals surface area contributed by atoms with E-state index in [-0.39, 0.29) is 0 Å². The van der Waals surface area contributed by atoms with E-state index in [2.05, 4.69) is 0 Å². The van der Waals surface area contributed by atoms with Crippen molar-refractivity contribution >= 4 is 17.7 Å². The Morgan fingerprint density at radius 1 is 1.42 bits per heavy atom. The fraction of sp³-hybridized carbons (Fsp3) is 0.125. The number of nitrogens with two attached hydrogens (primary N) is 1. The second-order valence-electron chi connectivity index (χ2n) is 2.35. The van der Waals surface area contributed by atoms with Crippen LogP contribution in [0.25, 0.3) is 0 Å². The molecule has 1 rings (SSSR count). The van der Waals surface area contributed by atoms with Gasteiger partial charge in [-0.05, 0) is 5.56 Å². The Bertz CT molecular complexity index is 263. The van der Waals surface area contributed by atoms with Gasteiger partial charge in [0, 0.05) is 11.8 Å². The first-order valence-electron chi connectivity index (χ1n) is 3.46. The van der Waals surface area contributed by atoms with Crippen molar-refractivity contribution in [1.82, 2.24) is 4.84 Å². The molecule has 12 heavy (non-hydrogen) atoms. The van der Waals surface area contributed by atoms with E-state index in [1.807, 2.05) is 23.0 Å². The fourth-order valence-corrected chi connectivity index (χ4v) is 0.988. The van der Waals surface area contributed by atoms with Crippen LogP contribution >= 0.6 is 11.8 Å². The number of carbonyl (C=O) groups excluding carboxylic acids is 1. The maximum Gasteiger partial charge on any atom is 0.255 e. The Morgan fingerprint density at radius 2 is 2.00 bits per heavy atom. The average Bonchev–Trinajstić information content (AvgIpc) is 2.17. The number of amides is 1. The standard InChI is InChI=1S/C8H9ClN2O/c9-11-8(12)7(10)6-4-2-1-3-5-6/h1-5,7H,10H2,(H,11,12)/t7-/m1/s1. The minimum absolute atomic E-state index is 0.400. The number of nitrogens with one attached hydrogen (secondary N) is 1. The van der Waals surface area contributed by atoms with Crippen LogP contribution in [0.2, 0.25) is 0 Å². The number of hydrogen-bond donors (Lipinski definition) is 2. The summed E-state index contributed by atoms with van der Waals surface area (Å²) < 4.78 is 0. The molecule has 4 heteroatoms. The minimum Gasteiger partial charge on any atom is -0.316 e. The van der Waals surface area contributed by atoms with Gasteiger partial charge in [-0.3, -0.25) is 9.63 Å². The molecule has 0 aliphatic heterocycles. The third kappa shape index (κ3) is 1.96. The predicted octanol–water partition coefficient (Wildman–Crippen LogP) is 0.956. The lowest BCUT2D eigenvalue weighted by Gasteiger charge is -2.07. The van der Waals surface area contributed by atoms with Crippen LogP contribution < -0.4 is 10.6 Å². The van der Waals surface area contributed by atoms with Crippen LogP contribution in [0.4, 0.5) is 0 Å². The summed E-state index contributed by atoms with van der Waals surface area (Å²) in [5.74, 6) is -0.400. The first-order chi connectivity index (χ1) is 5.75. The molecule has 0 heterocycles. The van der Waals surface area contributed by atoms with Gasteiger partial charge in [0.2, 0.25) is 0 Å². The van der Waals surface area contributed by atoms with Crippen LogP contribution in [0.1, 0.15) is 11.6 Å². The molecule has 0 aromatic heterocycles. The molecule has 1 aromatic rings. The highest BCUT2D eigenvalue weighted by atomic mass is 35.5.